The summed E-state index contributed by atoms with van der Waals surface area (Å²) in [5.41, 5.74) is 7.40. The molecule has 182 valence electrons. The lowest BCUT2D eigenvalue weighted by molar-refractivity contribution is -0.123. The zero-order valence-corrected chi connectivity index (χ0v) is 20.7. The molecule has 0 aliphatic carbocycles. The Hall–Kier alpha value is -4.85. The van der Waals surface area contributed by atoms with E-state index < -0.39 is 5.41 Å². The Labute approximate surface area is 213 Å². The van der Waals surface area contributed by atoms with Crippen molar-refractivity contribution in [3.8, 4) is 33.8 Å². The summed E-state index contributed by atoms with van der Waals surface area (Å²) in [6.07, 6.45) is 8.88. The summed E-state index contributed by atoms with van der Waals surface area (Å²) in [5.74, 6) is -0.0580. The molecular formula is C29H25N7O. The fourth-order valence-electron chi connectivity index (χ4n) is 4.29. The van der Waals surface area contributed by atoms with Crippen molar-refractivity contribution in [1.29, 1.82) is 0 Å². The first-order valence-corrected chi connectivity index (χ1v) is 12.0. The van der Waals surface area contributed by atoms with Crippen LogP contribution in [0.25, 0.3) is 55.6 Å². The minimum absolute atomic E-state index is 0.0580. The minimum atomic E-state index is -0.494. The Morgan fingerprint density at radius 3 is 2.54 bits per heavy atom. The molecule has 1 aromatic carbocycles. The zero-order chi connectivity index (χ0) is 25.6. The number of benzene rings is 1. The highest BCUT2D eigenvalue weighted by atomic mass is 16.2. The first-order chi connectivity index (χ1) is 17.9. The monoisotopic (exact) mass is 487 g/mol. The standard InChI is InChI=1S/C29H25N7O/c1-29(2,3)28(37)33-19-10-18(13-30-14-19)17-7-8-24-21(11-17)27(36-35-24)25-12-20-22(15-31-16-26(20)34-25)23-6-4-5-9-32-23/h4-16,34H,1-3H3,(H,33,37)(H,35,36). The van der Waals surface area contributed by atoms with Gasteiger partial charge < -0.3 is 10.3 Å². The van der Waals surface area contributed by atoms with E-state index in [4.69, 9.17) is 0 Å². The van der Waals surface area contributed by atoms with Gasteiger partial charge in [0.25, 0.3) is 0 Å². The normalized spacial score (nSPS) is 11.8. The van der Waals surface area contributed by atoms with Crippen molar-refractivity contribution < 1.29 is 4.79 Å². The predicted octanol–water partition coefficient (Wildman–Crippen LogP) is 6.21. The third-order valence-corrected chi connectivity index (χ3v) is 6.32. The van der Waals surface area contributed by atoms with Gasteiger partial charge in [-0.25, -0.2) is 0 Å². The first-order valence-electron chi connectivity index (χ1n) is 12.0. The molecule has 6 rings (SSSR count). The summed E-state index contributed by atoms with van der Waals surface area (Å²) in [6, 6.07) is 16.0. The van der Waals surface area contributed by atoms with Gasteiger partial charge in [0, 0.05) is 45.9 Å². The number of H-pyrrole nitrogens is 2. The van der Waals surface area contributed by atoms with E-state index in [0.29, 0.717) is 5.69 Å². The Bertz CT molecular complexity index is 1760. The van der Waals surface area contributed by atoms with Gasteiger partial charge in [-0.2, -0.15) is 5.10 Å². The molecule has 1 amide bonds. The summed E-state index contributed by atoms with van der Waals surface area (Å²) in [4.78, 5) is 29.2. The molecule has 0 saturated carbocycles. The maximum Gasteiger partial charge on any atom is 0.229 e. The number of fused-ring (bicyclic) bond motifs is 2. The molecule has 6 aromatic rings. The van der Waals surface area contributed by atoms with Gasteiger partial charge in [0.2, 0.25) is 5.91 Å². The van der Waals surface area contributed by atoms with Gasteiger partial charge in [0.15, 0.2) is 0 Å². The lowest BCUT2D eigenvalue weighted by Crippen LogP contribution is -2.27. The van der Waals surface area contributed by atoms with Crippen LogP contribution in [0.1, 0.15) is 20.8 Å². The molecule has 0 fully saturated rings. The van der Waals surface area contributed by atoms with Crippen LogP contribution in [0.2, 0.25) is 0 Å². The van der Waals surface area contributed by atoms with E-state index >= 15 is 0 Å². The Balaban J connectivity index is 1.40. The van der Waals surface area contributed by atoms with E-state index in [9.17, 15) is 4.79 Å². The van der Waals surface area contributed by atoms with Crippen LogP contribution in [0.3, 0.4) is 0 Å². The maximum absolute atomic E-state index is 12.4. The fraction of sp³-hybridized carbons (Fsp3) is 0.138. The smallest absolute Gasteiger partial charge is 0.229 e. The van der Waals surface area contributed by atoms with Crippen LogP contribution in [0.4, 0.5) is 5.69 Å². The number of amides is 1. The van der Waals surface area contributed by atoms with Crippen LogP contribution in [0, 0.1) is 5.41 Å². The number of nitrogens with zero attached hydrogens (tertiary/aromatic N) is 4. The lowest BCUT2D eigenvalue weighted by Gasteiger charge is -2.17. The lowest BCUT2D eigenvalue weighted by atomic mass is 9.95. The molecule has 3 N–H and O–H groups in total. The number of hydrogen-bond donors (Lipinski definition) is 3. The van der Waals surface area contributed by atoms with Gasteiger partial charge in [0.05, 0.1) is 40.5 Å². The first kappa shape index (κ1) is 22.6. The summed E-state index contributed by atoms with van der Waals surface area (Å²) in [5, 5.41) is 12.7. The number of aromatic amines is 2. The van der Waals surface area contributed by atoms with E-state index in [1.54, 1.807) is 18.6 Å². The predicted molar refractivity (Wildman–Crippen MR) is 146 cm³/mol. The number of aromatic nitrogens is 6. The average molecular weight is 488 g/mol. The second-order valence-corrected chi connectivity index (χ2v) is 10.0. The molecule has 8 heteroatoms. The molecule has 0 spiro atoms. The molecule has 0 unspecified atom stereocenters. The molecule has 37 heavy (non-hydrogen) atoms. The maximum atomic E-state index is 12.4. The van der Waals surface area contributed by atoms with Gasteiger partial charge >= 0.3 is 0 Å². The number of rotatable bonds is 4. The number of carbonyl (C=O) groups is 1. The molecule has 0 radical (unpaired) electrons. The third kappa shape index (κ3) is 4.23. The van der Waals surface area contributed by atoms with E-state index in [-0.39, 0.29) is 5.91 Å². The molecule has 0 atom stereocenters. The van der Waals surface area contributed by atoms with Gasteiger partial charge in [-0.15, -0.1) is 0 Å². The molecule has 8 nitrogen and oxygen atoms in total. The van der Waals surface area contributed by atoms with Crippen molar-refractivity contribution in [3.05, 3.63) is 79.5 Å². The number of anilines is 1. The highest BCUT2D eigenvalue weighted by molar-refractivity contribution is 6.01. The zero-order valence-electron chi connectivity index (χ0n) is 20.7. The summed E-state index contributed by atoms with van der Waals surface area (Å²) in [6.45, 7) is 5.65. The van der Waals surface area contributed by atoms with E-state index in [1.165, 1.54) is 0 Å². The largest absolute Gasteiger partial charge is 0.352 e. The van der Waals surface area contributed by atoms with Crippen molar-refractivity contribution in [2.75, 3.05) is 5.32 Å². The van der Waals surface area contributed by atoms with Crippen LogP contribution < -0.4 is 5.32 Å². The molecule has 5 aromatic heterocycles. The highest BCUT2D eigenvalue weighted by Crippen LogP contribution is 2.34. The summed E-state index contributed by atoms with van der Waals surface area (Å²) in [7, 11) is 0. The van der Waals surface area contributed by atoms with Crippen molar-refractivity contribution in [2.45, 2.75) is 20.8 Å². The number of nitrogens with one attached hydrogen (secondary N) is 3. The van der Waals surface area contributed by atoms with Crippen molar-refractivity contribution >= 4 is 33.4 Å². The quantitative estimate of drug-likeness (QED) is 0.273. The topological polar surface area (TPSA) is 112 Å². The van der Waals surface area contributed by atoms with E-state index in [2.05, 4.69) is 47.6 Å². The number of carbonyl (C=O) groups excluding carboxylic acids is 1. The SMILES string of the molecule is CC(C)(C)C(=O)Nc1cncc(-c2ccc3[nH]nc(-c4cc5c(-c6ccccn6)cncc5[nH]4)c3c2)c1. The van der Waals surface area contributed by atoms with Crippen LogP contribution in [-0.4, -0.2) is 36.0 Å². The summed E-state index contributed by atoms with van der Waals surface area (Å²) >= 11 is 0. The second kappa shape index (κ2) is 8.67. The Morgan fingerprint density at radius 1 is 0.865 bits per heavy atom. The van der Waals surface area contributed by atoms with Gasteiger partial charge in [-0.1, -0.05) is 32.9 Å². The number of pyridine rings is 3. The van der Waals surface area contributed by atoms with Crippen LogP contribution >= 0.6 is 0 Å². The third-order valence-electron chi connectivity index (χ3n) is 6.32. The van der Waals surface area contributed by atoms with Gasteiger partial charge in [-0.3, -0.25) is 24.8 Å². The minimum Gasteiger partial charge on any atom is -0.352 e. The molecular weight excluding hydrogens is 462 g/mol. The molecule has 0 aliphatic heterocycles. The summed E-state index contributed by atoms with van der Waals surface area (Å²) < 4.78 is 0. The van der Waals surface area contributed by atoms with Crippen molar-refractivity contribution in [3.63, 3.8) is 0 Å². The van der Waals surface area contributed by atoms with E-state index in [0.717, 1.165) is 55.6 Å². The Kier molecular flexibility index (Phi) is 5.30. The highest BCUT2D eigenvalue weighted by Gasteiger charge is 2.21. The van der Waals surface area contributed by atoms with Crippen molar-refractivity contribution in [1.82, 2.24) is 30.1 Å². The molecule has 5 heterocycles. The fourth-order valence-corrected chi connectivity index (χ4v) is 4.29. The van der Waals surface area contributed by atoms with Gasteiger partial charge in [-0.05, 0) is 42.0 Å². The van der Waals surface area contributed by atoms with Crippen LogP contribution in [0.15, 0.2) is 79.5 Å². The van der Waals surface area contributed by atoms with Crippen LogP contribution in [-0.2, 0) is 4.79 Å². The molecule has 0 bridgehead atoms. The van der Waals surface area contributed by atoms with E-state index in [1.807, 2.05) is 69.6 Å². The number of hydrogen-bond acceptors (Lipinski definition) is 5. The molecule has 0 saturated heterocycles. The van der Waals surface area contributed by atoms with Crippen LogP contribution in [0.5, 0.6) is 0 Å². The average Bonchev–Trinajstić information content (AvgIpc) is 3.52. The molecule has 0 aliphatic rings. The second-order valence-electron chi connectivity index (χ2n) is 10.0. The Morgan fingerprint density at radius 2 is 1.73 bits per heavy atom. The van der Waals surface area contributed by atoms with Crippen molar-refractivity contribution in [2.24, 2.45) is 5.41 Å². The van der Waals surface area contributed by atoms with Gasteiger partial charge in [0.1, 0.15) is 5.69 Å².